The molecule has 1 fully saturated rings. The summed E-state index contributed by atoms with van der Waals surface area (Å²) in [7, 11) is 0. The first-order chi connectivity index (χ1) is 15.2. The van der Waals surface area contributed by atoms with Crippen LogP contribution in [0.1, 0.15) is 75.0 Å². The van der Waals surface area contributed by atoms with E-state index in [1.165, 1.54) is 25.7 Å². The molecule has 6 heteroatoms. The predicted octanol–water partition coefficient (Wildman–Crippen LogP) is 5.57. The van der Waals surface area contributed by atoms with Crippen LogP contribution >= 0.6 is 15.9 Å². The Kier molecular flexibility index (Phi) is 8.34. The molecule has 1 aromatic carbocycles. The zero-order valence-electron chi connectivity index (χ0n) is 19.7. The van der Waals surface area contributed by atoms with E-state index in [2.05, 4.69) is 27.8 Å². The smallest absolute Gasteiger partial charge is 0.338 e. The van der Waals surface area contributed by atoms with Gasteiger partial charge in [-0.1, -0.05) is 25.5 Å². The molecule has 2 heterocycles. The number of carbonyl (C=O) groups excluding carboxylic acids is 1. The number of hydrogen-bond donors (Lipinski definition) is 0. The van der Waals surface area contributed by atoms with Gasteiger partial charge in [-0.05, 0) is 92.7 Å². The zero-order valence-corrected chi connectivity index (χ0v) is 21.3. The monoisotopic (exact) mass is 502 g/mol. The summed E-state index contributed by atoms with van der Waals surface area (Å²) in [4.78, 5) is 27.5. The second kappa shape index (κ2) is 10.8. The van der Waals surface area contributed by atoms with Crippen molar-refractivity contribution < 1.29 is 9.53 Å². The number of aromatic nitrogens is 1. The van der Waals surface area contributed by atoms with Crippen LogP contribution in [0.25, 0.3) is 0 Å². The summed E-state index contributed by atoms with van der Waals surface area (Å²) in [6.07, 6.45) is 5.58. The summed E-state index contributed by atoms with van der Waals surface area (Å²) in [6, 6.07) is 11.6. The van der Waals surface area contributed by atoms with E-state index >= 15 is 0 Å². The maximum Gasteiger partial charge on any atom is 0.338 e. The number of hydrogen-bond acceptors (Lipinski definition) is 4. The van der Waals surface area contributed by atoms with Crippen molar-refractivity contribution in [3.05, 3.63) is 68.0 Å². The summed E-state index contributed by atoms with van der Waals surface area (Å²) in [5.41, 5.74) is 2.19. The fraction of sp³-hybridized carbons (Fsp3) is 0.538. The van der Waals surface area contributed by atoms with Gasteiger partial charge >= 0.3 is 5.97 Å². The Morgan fingerprint density at radius 1 is 1.16 bits per heavy atom. The number of halogens is 1. The summed E-state index contributed by atoms with van der Waals surface area (Å²) in [6.45, 7) is 10.3. The molecule has 1 aliphatic heterocycles. The molecule has 0 N–H and O–H groups in total. The molecule has 0 aliphatic carbocycles. The highest BCUT2D eigenvalue weighted by Gasteiger charge is 2.25. The largest absolute Gasteiger partial charge is 0.456 e. The molecule has 1 saturated heterocycles. The average molecular weight is 503 g/mol. The first-order valence-electron chi connectivity index (χ1n) is 11.6. The first-order valence-corrected chi connectivity index (χ1v) is 12.4. The Bertz CT molecular complexity index is 976. The number of nitrogens with zero attached hydrogens (tertiary/aromatic N) is 2. The second-order valence-electron chi connectivity index (χ2n) is 9.62. The van der Waals surface area contributed by atoms with Crippen LogP contribution in [0.4, 0.5) is 0 Å². The number of ether oxygens (including phenoxy) is 1. The number of benzene rings is 1. The normalized spacial score (nSPS) is 17.0. The Morgan fingerprint density at radius 3 is 2.53 bits per heavy atom. The van der Waals surface area contributed by atoms with Gasteiger partial charge in [-0.15, -0.1) is 0 Å². The second-order valence-corrected chi connectivity index (χ2v) is 10.5. The number of likely N-dealkylation sites (tertiary alicyclic amines) is 1. The minimum Gasteiger partial charge on any atom is -0.456 e. The summed E-state index contributed by atoms with van der Waals surface area (Å²) in [5.74, 6) is -0.318. The molecule has 1 aromatic heterocycles. The minimum absolute atomic E-state index is 0.0276. The Morgan fingerprint density at radius 2 is 1.88 bits per heavy atom. The number of carbonyl (C=O) groups is 1. The molecule has 0 saturated carbocycles. The molecule has 0 spiro atoms. The van der Waals surface area contributed by atoms with E-state index < -0.39 is 5.60 Å². The average Bonchev–Trinajstić information content (AvgIpc) is 3.16. The third-order valence-electron chi connectivity index (χ3n) is 5.93. The van der Waals surface area contributed by atoms with Crippen molar-refractivity contribution in [2.45, 2.75) is 84.5 Å². The van der Waals surface area contributed by atoms with Crippen molar-refractivity contribution in [3.63, 3.8) is 0 Å². The van der Waals surface area contributed by atoms with Gasteiger partial charge in [0.2, 0.25) is 0 Å². The van der Waals surface area contributed by atoms with Crippen LogP contribution in [0.3, 0.4) is 0 Å². The Labute approximate surface area is 199 Å². The van der Waals surface area contributed by atoms with Gasteiger partial charge < -0.3 is 9.30 Å². The molecule has 0 amide bonds. The highest BCUT2D eigenvalue weighted by Crippen LogP contribution is 2.26. The van der Waals surface area contributed by atoms with Crippen molar-refractivity contribution in [2.24, 2.45) is 0 Å². The van der Waals surface area contributed by atoms with Crippen LogP contribution < -0.4 is 5.56 Å². The van der Waals surface area contributed by atoms with Gasteiger partial charge in [0.15, 0.2) is 0 Å². The van der Waals surface area contributed by atoms with Gasteiger partial charge in [-0.2, -0.15) is 0 Å². The van der Waals surface area contributed by atoms with Crippen molar-refractivity contribution in [3.8, 4) is 0 Å². The Balaban J connectivity index is 1.72. The molecule has 2 aromatic rings. The number of pyridine rings is 1. The van der Waals surface area contributed by atoms with Gasteiger partial charge in [0.1, 0.15) is 5.60 Å². The van der Waals surface area contributed by atoms with Gasteiger partial charge in [0, 0.05) is 35.4 Å². The Hall–Kier alpha value is -1.92. The van der Waals surface area contributed by atoms with Crippen molar-refractivity contribution in [1.29, 1.82) is 0 Å². The van der Waals surface area contributed by atoms with Gasteiger partial charge in [-0.25, -0.2) is 4.79 Å². The van der Waals surface area contributed by atoms with Crippen LogP contribution in [0.2, 0.25) is 0 Å². The molecule has 3 rings (SSSR count). The maximum atomic E-state index is 12.7. The number of esters is 1. The highest BCUT2D eigenvalue weighted by atomic mass is 79.9. The number of rotatable bonds is 8. The SMILES string of the molecule is CCCC1CCCN1Cc1c(Br)ccc(=O)n1CCc1ccc(C(=O)OC(C)(C)C)cc1. The van der Waals surface area contributed by atoms with E-state index in [4.69, 9.17) is 4.74 Å². The standard InChI is InChI=1S/C26H35BrN2O3/c1-5-7-21-8-6-16-28(21)18-23-22(27)13-14-24(30)29(23)17-15-19-9-11-20(12-10-19)25(31)32-26(2,3)4/h9-14,21H,5-8,15-18H2,1-4H3. The predicted molar refractivity (Wildman–Crippen MR) is 132 cm³/mol. The van der Waals surface area contributed by atoms with Gasteiger partial charge in [0.05, 0.1) is 5.56 Å². The van der Waals surface area contributed by atoms with Crippen LogP contribution in [-0.2, 0) is 24.2 Å². The van der Waals surface area contributed by atoms with Crippen molar-refractivity contribution in [1.82, 2.24) is 9.47 Å². The fourth-order valence-electron chi connectivity index (χ4n) is 4.34. The molecule has 5 nitrogen and oxygen atoms in total. The molecule has 0 bridgehead atoms. The van der Waals surface area contributed by atoms with Crippen molar-refractivity contribution >= 4 is 21.9 Å². The maximum absolute atomic E-state index is 12.7. The molecule has 1 unspecified atom stereocenters. The zero-order chi connectivity index (χ0) is 23.3. The molecule has 1 aliphatic rings. The third kappa shape index (κ3) is 6.55. The van der Waals surface area contributed by atoms with E-state index in [-0.39, 0.29) is 11.5 Å². The summed E-state index contributed by atoms with van der Waals surface area (Å²) in [5, 5.41) is 0. The quantitative estimate of drug-likeness (QED) is 0.442. The summed E-state index contributed by atoms with van der Waals surface area (Å²) < 4.78 is 8.31. The van der Waals surface area contributed by atoms with Gasteiger partial charge in [-0.3, -0.25) is 9.69 Å². The fourth-order valence-corrected chi connectivity index (χ4v) is 4.81. The van der Waals surface area contributed by atoms with Crippen LogP contribution in [0.5, 0.6) is 0 Å². The number of aryl methyl sites for hydroxylation is 1. The highest BCUT2D eigenvalue weighted by molar-refractivity contribution is 9.10. The van der Waals surface area contributed by atoms with E-state index in [1.807, 2.05) is 43.5 Å². The van der Waals surface area contributed by atoms with Crippen LogP contribution in [0, 0.1) is 0 Å². The van der Waals surface area contributed by atoms with Crippen LogP contribution in [-0.4, -0.2) is 33.6 Å². The first kappa shape index (κ1) is 24.7. The summed E-state index contributed by atoms with van der Waals surface area (Å²) >= 11 is 3.69. The topological polar surface area (TPSA) is 51.5 Å². The molecule has 32 heavy (non-hydrogen) atoms. The van der Waals surface area contributed by atoms with Gasteiger partial charge in [0.25, 0.3) is 5.56 Å². The van der Waals surface area contributed by atoms with E-state index in [1.54, 1.807) is 18.2 Å². The molecule has 174 valence electrons. The lowest BCUT2D eigenvalue weighted by Crippen LogP contribution is -2.33. The van der Waals surface area contributed by atoms with E-state index in [0.717, 1.165) is 35.2 Å². The van der Waals surface area contributed by atoms with E-state index in [9.17, 15) is 9.59 Å². The molecule has 0 radical (unpaired) electrons. The lowest BCUT2D eigenvalue weighted by molar-refractivity contribution is 0.00695. The lowest BCUT2D eigenvalue weighted by Gasteiger charge is -2.26. The molecular formula is C26H35BrN2O3. The lowest BCUT2D eigenvalue weighted by atomic mass is 10.1. The minimum atomic E-state index is -0.514. The molecular weight excluding hydrogens is 468 g/mol. The van der Waals surface area contributed by atoms with Crippen molar-refractivity contribution in [2.75, 3.05) is 6.54 Å². The third-order valence-corrected chi connectivity index (χ3v) is 6.65. The van der Waals surface area contributed by atoms with E-state index in [0.29, 0.717) is 18.2 Å². The molecule has 1 atom stereocenters. The van der Waals surface area contributed by atoms with Crippen LogP contribution in [0.15, 0.2) is 45.7 Å².